The lowest BCUT2D eigenvalue weighted by atomic mass is 10.3. The SMILES string of the molecule is C[C@@H](Oc1ccc(Cl)cc1Cl)C(=O)Nc1ncn[nH]1. The van der Waals surface area contributed by atoms with Gasteiger partial charge in [0.05, 0.1) is 5.02 Å². The van der Waals surface area contributed by atoms with E-state index in [2.05, 4.69) is 20.5 Å². The summed E-state index contributed by atoms with van der Waals surface area (Å²) >= 11 is 11.7. The highest BCUT2D eigenvalue weighted by atomic mass is 35.5. The summed E-state index contributed by atoms with van der Waals surface area (Å²) in [5.74, 6) is 0.261. The molecule has 0 saturated carbocycles. The molecule has 0 unspecified atom stereocenters. The molecule has 1 amide bonds. The van der Waals surface area contributed by atoms with E-state index in [-0.39, 0.29) is 11.9 Å². The van der Waals surface area contributed by atoms with Gasteiger partial charge in [-0.2, -0.15) is 10.1 Å². The summed E-state index contributed by atoms with van der Waals surface area (Å²) in [6.07, 6.45) is 0.542. The molecule has 0 spiro atoms. The van der Waals surface area contributed by atoms with Gasteiger partial charge in [-0.05, 0) is 25.1 Å². The maximum atomic E-state index is 11.8. The normalized spacial score (nSPS) is 11.9. The van der Waals surface area contributed by atoms with Crippen molar-refractivity contribution in [3.05, 3.63) is 34.6 Å². The number of H-pyrrole nitrogens is 1. The summed E-state index contributed by atoms with van der Waals surface area (Å²) in [4.78, 5) is 15.6. The number of carbonyl (C=O) groups excluding carboxylic acids is 1. The summed E-state index contributed by atoms with van der Waals surface area (Å²) in [5.41, 5.74) is 0. The first-order valence-electron chi connectivity index (χ1n) is 5.34. The first kappa shape index (κ1) is 13.6. The van der Waals surface area contributed by atoms with Gasteiger partial charge in [-0.25, -0.2) is 5.10 Å². The zero-order valence-electron chi connectivity index (χ0n) is 9.85. The second-order valence-electron chi connectivity index (χ2n) is 3.66. The Hall–Kier alpha value is -1.79. The summed E-state index contributed by atoms with van der Waals surface area (Å²) in [6, 6.07) is 4.77. The Morgan fingerprint density at radius 2 is 2.26 bits per heavy atom. The smallest absolute Gasteiger partial charge is 0.267 e. The van der Waals surface area contributed by atoms with Crippen LogP contribution in [0.3, 0.4) is 0 Å². The van der Waals surface area contributed by atoms with Crippen molar-refractivity contribution < 1.29 is 9.53 Å². The van der Waals surface area contributed by atoms with Crippen LogP contribution in [0, 0.1) is 0 Å². The molecule has 8 heteroatoms. The molecule has 1 heterocycles. The lowest BCUT2D eigenvalue weighted by Gasteiger charge is -2.14. The third-order valence-corrected chi connectivity index (χ3v) is 2.75. The van der Waals surface area contributed by atoms with Crippen LogP contribution in [0.2, 0.25) is 10.0 Å². The Morgan fingerprint density at radius 1 is 1.47 bits per heavy atom. The Morgan fingerprint density at radius 3 is 2.89 bits per heavy atom. The standard InChI is InChI=1S/C11H10Cl2N4O2/c1-6(10(18)16-11-14-5-15-17-11)19-9-3-2-7(12)4-8(9)13/h2-6H,1H3,(H2,14,15,16,17,18)/t6-/m1/s1. The number of ether oxygens (including phenoxy) is 1. The molecule has 19 heavy (non-hydrogen) atoms. The van der Waals surface area contributed by atoms with Crippen LogP contribution in [-0.2, 0) is 4.79 Å². The van der Waals surface area contributed by atoms with Crippen molar-refractivity contribution in [1.82, 2.24) is 15.2 Å². The van der Waals surface area contributed by atoms with E-state index in [0.717, 1.165) is 0 Å². The van der Waals surface area contributed by atoms with Gasteiger partial charge in [0.25, 0.3) is 5.91 Å². The molecule has 0 aliphatic heterocycles. The largest absolute Gasteiger partial charge is 0.479 e. The van der Waals surface area contributed by atoms with Gasteiger partial charge in [-0.15, -0.1) is 0 Å². The molecule has 2 N–H and O–H groups in total. The molecule has 0 aliphatic rings. The number of rotatable bonds is 4. The van der Waals surface area contributed by atoms with Gasteiger partial charge in [-0.1, -0.05) is 23.2 Å². The lowest BCUT2D eigenvalue weighted by Crippen LogP contribution is -2.30. The van der Waals surface area contributed by atoms with E-state index in [0.29, 0.717) is 15.8 Å². The van der Waals surface area contributed by atoms with Crippen LogP contribution in [0.15, 0.2) is 24.5 Å². The average Bonchev–Trinajstić information content (AvgIpc) is 2.85. The second kappa shape index (κ2) is 5.90. The molecule has 1 aromatic heterocycles. The van der Waals surface area contributed by atoms with Gasteiger partial charge in [-0.3, -0.25) is 10.1 Å². The van der Waals surface area contributed by atoms with E-state index in [9.17, 15) is 4.79 Å². The Bertz CT molecular complexity index is 574. The van der Waals surface area contributed by atoms with Gasteiger partial charge in [0.1, 0.15) is 12.1 Å². The van der Waals surface area contributed by atoms with E-state index in [4.69, 9.17) is 27.9 Å². The predicted molar refractivity (Wildman–Crippen MR) is 71.6 cm³/mol. The molecular formula is C11H10Cl2N4O2. The van der Waals surface area contributed by atoms with Crippen LogP contribution >= 0.6 is 23.2 Å². The van der Waals surface area contributed by atoms with Crippen molar-refractivity contribution in [2.75, 3.05) is 5.32 Å². The number of nitrogens with zero attached hydrogens (tertiary/aromatic N) is 2. The molecule has 2 aromatic rings. The third kappa shape index (κ3) is 3.59. The Labute approximate surface area is 119 Å². The topological polar surface area (TPSA) is 79.9 Å². The van der Waals surface area contributed by atoms with Gasteiger partial charge in [0, 0.05) is 5.02 Å². The molecule has 6 nitrogen and oxygen atoms in total. The minimum atomic E-state index is -0.747. The number of carbonyl (C=O) groups is 1. The van der Waals surface area contributed by atoms with E-state index in [1.165, 1.54) is 6.33 Å². The average molecular weight is 301 g/mol. The fourth-order valence-electron chi connectivity index (χ4n) is 1.30. The highest BCUT2D eigenvalue weighted by molar-refractivity contribution is 6.35. The van der Waals surface area contributed by atoms with Crippen LogP contribution in [0.5, 0.6) is 5.75 Å². The van der Waals surface area contributed by atoms with Crippen molar-refractivity contribution in [1.29, 1.82) is 0 Å². The summed E-state index contributed by atoms with van der Waals surface area (Å²) in [6.45, 7) is 1.59. The van der Waals surface area contributed by atoms with Gasteiger partial charge >= 0.3 is 0 Å². The van der Waals surface area contributed by atoms with Crippen LogP contribution in [0.4, 0.5) is 5.95 Å². The molecule has 0 radical (unpaired) electrons. The van der Waals surface area contributed by atoms with E-state index in [1.807, 2.05) is 0 Å². The molecule has 0 aliphatic carbocycles. The molecule has 0 saturated heterocycles. The lowest BCUT2D eigenvalue weighted by molar-refractivity contribution is -0.122. The fourth-order valence-corrected chi connectivity index (χ4v) is 1.75. The van der Waals surface area contributed by atoms with E-state index in [1.54, 1.807) is 25.1 Å². The second-order valence-corrected chi connectivity index (χ2v) is 4.50. The Kier molecular flexibility index (Phi) is 4.24. The highest BCUT2D eigenvalue weighted by Crippen LogP contribution is 2.28. The summed E-state index contributed by atoms with van der Waals surface area (Å²) in [7, 11) is 0. The fraction of sp³-hybridized carbons (Fsp3) is 0.182. The van der Waals surface area contributed by atoms with Gasteiger partial charge < -0.3 is 4.74 Å². The molecule has 0 bridgehead atoms. The number of aromatic amines is 1. The maximum Gasteiger partial charge on any atom is 0.267 e. The number of amides is 1. The van der Waals surface area contributed by atoms with E-state index < -0.39 is 6.10 Å². The van der Waals surface area contributed by atoms with Crippen molar-refractivity contribution in [3.8, 4) is 5.75 Å². The predicted octanol–water partition coefficient (Wildman–Crippen LogP) is 2.52. The molecule has 1 aromatic carbocycles. The summed E-state index contributed by atoms with van der Waals surface area (Å²) < 4.78 is 5.45. The minimum absolute atomic E-state index is 0.252. The molecule has 100 valence electrons. The molecular weight excluding hydrogens is 291 g/mol. The minimum Gasteiger partial charge on any atom is -0.479 e. The Balaban J connectivity index is 2.00. The number of halogens is 2. The molecule has 0 fully saturated rings. The maximum absolute atomic E-state index is 11.8. The quantitative estimate of drug-likeness (QED) is 0.909. The first-order chi connectivity index (χ1) is 9.06. The summed E-state index contributed by atoms with van der Waals surface area (Å²) in [5, 5.41) is 9.48. The van der Waals surface area contributed by atoms with Gasteiger partial charge in [0.15, 0.2) is 6.10 Å². The van der Waals surface area contributed by atoms with Crippen molar-refractivity contribution in [2.45, 2.75) is 13.0 Å². The zero-order valence-corrected chi connectivity index (χ0v) is 11.4. The van der Waals surface area contributed by atoms with Crippen molar-refractivity contribution >= 4 is 35.1 Å². The van der Waals surface area contributed by atoms with Gasteiger partial charge in [0.2, 0.25) is 5.95 Å². The van der Waals surface area contributed by atoms with Crippen molar-refractivity contribution in [3.63, 3.8) is 0 Å². The van der Waals surface area contributed by atoms with E-state index >= 15 is 0 Å². The number of benzene rings is 1. The molecule has 1 atom stereocenters. The third-order valence-electron chi connectivity index (χ3n) is 2.22. The number of hydrogen-bond donors (Lipinski definition) is 2. The first-order valence-corrected chi connectivity index (χ1v) is 6.10. The monoisotopic (exact) mass is 300 g/mol. The highest BCUT2D eigenvalue weighted by Gasteiger charge is 2.17. The number of hydrogen-bond acceptors (Lipinski definition) is 4. The zero-order chi connectivity index (χ0) is 13.8. The van der Waals surface area contributed by atoms with Crippen LogP contribution in [0.1, 0.15) is 6.92 Å². The number of nitrogens with one attached hydrogen (secondary N) is 2. The van der Waals surface area contributed by atoms with Crippen LogP contribution < -0.4 is 10.1 Å². The molecule has 2 rings (SSSR count). The number of anilines is 1. The van der Waals surface area contributed by atoms with Crippen molar-refractivity contribution in [2.24, 2.45) is 0 Å². The van der Waals surface area contributed by atoms with Crippen LogP contribution in [0.25, 0.3) is 0 Å². The van der Waals surface area contributed by atoms with Crippen LogP contribution in [-0.4, -0.2) is 27.2 Å². The number of aromatic nitrogens is 3.